The van der Waals surface area contributed by atoms with Gasteiger partial charge in [-0.1, -0.05) is 36.4 Å². The summed E-state index contributed by atoms with van der Waals surface area (Å²) in [5.74, 6) is -0.314. The van der Waals surface area contributed by atoms with Crippen LogP contribution in [0.2, 0.25) is 0 Å². The number of hydrogen-bond acceptors (Lipinski definition) is 3. The largest absolute Gasteiger partial charge is 0.494 e. The number of methoxy groups -OCH3 is 1. The second kappa shape index (κ2) is 5.32. The number of halogens is 1. The molecule has 0 fully saturated rings. The number of benzene rings is 3. The summed E-state index contributed by atoms with van der Waals surface area (Å²) in [5, 5.41) is 5.44. The SMILES string of the molecule is COc1cc(Nc2cccc3ccccc23)c(N)cc1F. The van der Waals surface area contributed by atoms with Crippen molar-refractivity contribution >= 4 is 27.8 Å². The lowest BCUT2D eigenvalue weighted by Crippen LogP contribution is -1.99. The Labute approximate surface area is 122 Å². The molecule has 0 saturated carbocycles. The van der Waals surface area contributed by atoms with E-state index in [0.29, 0.717) is 11.4 Å². The molecular weight excluding hydrogens is 267 g/mol. The van der Waals surface area contributed by atoms with Crippen LogP contribution in [0, 0.1) is 5.82 Å². The third-order valence-corrected chi connectivity index (χ3v) is 3.38. The third kappa shape index (κ3) is 2.48. The van der Waals surface area contributed by atoms with Crippen molar-refractivity contribution in [2.24, 2.45) is 0 Å². The summed E-state index contributed by atoms with van der Waals surface area (Å²) in [6, 6.07) is 16.8. The van der Waals surface area contributed by atoms with E-state index >= 15 is 0 Å². The number of rotatable bonds is 3. The Bertz CT molecular complexity index is 797. The van der Waals surface area contributed by atoms with E-state index in [0.717, 1.165) is 16.5 Å². The molecular formula is C17H15FN2O. The lowest BCUT2D eigenvalue weighted by molar-refractivity contribution is 0.387. The first-order chi connectivity index (χ1) is 10.2. The Hall–Kier alpha value is -2.75. The molecule has 0 aliphatic carbocycles. The Balaban J connectivity index is 2.07. The molecule has 4 heteroatoms. The van der Waals surface area contributed by atoms with Gasteiger partial charge in [0.25, 0.3) is 0 Å². The number of hydrogen-bond donors (Lipinski definition) is 2. The van der Waals surface area contributed by atoms with Crippen LogP contribution in [0.5, 0.6) is 5.75 Å². The van der Waals surface area contributed by atoms with Gasteiger partial charge in [-0.3, -0.25) is 0 Å². The summed E-state index contributed by atoms with van der Waals surface area (Å²) < 4.78 is 18.6. The Morgan fingerprint density at radius 2 is 1.76 bits per heavy atom. The van der Waals surface area contributed by atoms with Crippen molar-refractivity contribution in [2.45, 2.75) is 0 Å². The molecule has 0 aliphatic rings. The second-order valence-corrected chi connectivity index (χ2v) is 4.73. The molecule has 0 atom stereocenters. The van der Waals surface area contributed by atoms with E-state index in [-0.39, 0.29) is 5.75 Å². The third-order valence-electron chi connectivity index (χ3n) is 3.38. The van der Waals surface area contributed by atoms with Crippen LogP contribution in [-0.2, 0) is 0 Å². The van der Waals surface area contributed by atoms with E-state index in [9.17, 15) is 4.39 Å². The van der Waals surface area contributed by atoms with Crippen molar-refractivity contribution in [3.8, 4) is 5.75 Å². The molecule has 0 unspecified atom stereocenters. The minimum Gasteiger partial charge on any atom is -0.494 e. The number of anilines is 3. The smallest absolute Gasteiger partial charge is 0.167 e. The molecule has 0 aromatic heterocycles. The zero-order valence-corrected chi connectivity index (χ0v) is 11.6. The van der Waals surface area contributed by atoms with Gasteiger partial charge in [-0.05, 0) is 11.5 Å². The highest BCUT2D eigenvalue weighted by atomic mass is 19.1. The van der Waals surface area contributed by atoms with Crippen LogP contribution in [0.3, 0.4) is 0 Å². The van der Waals surface area contributed by atoms with Crippen LogP contribution in [0.4, 0.5) is 21.5 Å². The van der Waals surface area contributed by atoms with Gasteiger partial charge in [-0.15, -0.1) is 0 Å². The van der Waals surface area contributed by atoms with E-state index in [1.165, 1.54) is 13.2 Å². The minimum absolute atomic E-state index is 0.159. The molecule has 3 nitrogen and oxygen atoms in total. The maximum atomic E-state index is 13.6. The average Bonchev–Trinajstić information content (AvgIpc) is 2.50. The van der Waals surface area contributed by atoms with Gasteiger partial charge in [0.05, 0.1) is 18.5 Å². The molecule has 0 amide bonds. The van der Waals surface area contributed by atoms with Crippen LogP contribution in [0.1, 0.15) is 0 Å². The fourth-order valence-corrected chi connectivity index (χ4v) is 2.31. The van der Waals surface area contributed by atoms with Gasteiger partial charge in [0.1, 0.15) is 0 Å². The van der Waals surface area contributed by atoms with Crippen LogP contribution in [0.15, 0.2) is 54.6 Å². The normalized spacial score (nSPS) is 10.6. The molecule has 3 aromatic rings. The predicted molar refractivity (Wildman–Crippen MR) is 84.6 cm³/mol. The zero-order valence-electron chi connectivity index (χ0n) is 11.6. The topological polar surface area (TPSA) is 47.3 Å². The van der Waals surface area contributed by atoms with Crippen LogP contribution >= 0.6 is 0 Å². The molecule has 0 aliphatic heterocycles. The maximum absolute atomic E-state index is 13.6. The molecule has 0 saturated heterocycles. The summed E-state index contributed by atoms with van der Waals surface area (Å²) in [6.45, 7) is 0. The predicted octanol–water partition coefficient (Wildman–Crippen LogP) is 4.31. The van der Waals surface area contributed by atoms with Gasteiger partial charge < -0.3 is 15.8 Å². The molecule has 3 rings (SSSR count). The highest BCUT2D eigenvalue weighted by Gasteiger charge is 2.09. The van der Waals surface area contributed by atoms with Crippen molar-refractivity contribution in [2.75, 3.05) is 18.2 Å². The van der Waals surface area contributed by atoms with Gasteiger partial charge in [0.15, 0.2) is 11.6 Å². The van der Waals surface area contributed by atoms with E-state index in [2.05, 4.69) is 5.32 Å². The number of nitrogen functional groups attached to an aromatic ring is 1. The lowest BCUT2D eigenvalue weighted by Gasteiger charge is -2.13. The first-order valence-corrected chi connectivity index (χ1v) is 6.57. The first kappa shape index (κ1) is 13.2. The van der Waals surface area contributed by atoms with Gasteiger partial charge in [-0.2, -0.15) is 0 Å². The summed E-state index contributed by atoms with van der Waals surface area (Å²) in [7, 11) is 1.43. The van der Waals surface area contributed by atoms with Gasteiger partial charge in [0, 0.05) is 23.2 Å². The van der Waals surface area contributed by atoms with Crippen LogP contribution < -0.4 is 15.8 Å². The summed E-state index contributed by atoms with van der Waals surface area (Å²) >= 11 is 0. The van der Waals surface area contributed by atoms with E-state index in [1.54, 1.807) is 6.07 Å². The van der Waals surface area contributed by atoms with Crippen molar-refractivity contribution in [3.05, 3.63) is 60.4 Å². The highest BCUT2D eigenvalue weighted by Crippen LogP contribution is 2.32. The molecule has 106 valence electrons. The van der Waals surface area contributed by atoms with Crippen molar-refractivity contribution in [1.29, 1.82) is 0 Å². The standard InChI is InChI=1S/C17H15FN2O/c1-21-17-10-16(14(19)9-13(17)18)20-15-8-4-6-11-5-2-3-7-12(11)15/h2-10,20H,19H2,1H3. The molecule has 0 radical (unpaired) electrons. The fraction of sp³-hybridized carbons (Fsp3) is 0.0588. The van der Waals surface area contributed by atoms with Gasteiger partial charge in [-0.25, -0.2) is 4.39 Å². The minimum atomic E-state index is -0.474. The fourth-order valence-electron chi connectivity index (χ4n) is 2.31. The van der Waals surface area contributed by atoms with Crippen LogP contribution in [0.25, 0.3) is 10.8 Å². The van der Waals surface area contributed by atoms with Crippen molar-refractivity contribution in [1.82, 2.24) is 0 Å². The Morgan fingerprint density at radius 1 is 1.00 bits per heavy atom. The summed E-state index contributed by atoms with van der Waals surface area (Å²) in [5.41, 5.74) is 7.74. The number of fused-ring (bicyclic) bond motifs is 1. The number of nitrogens with one attached hydrogen (secondary N) is 1. The van der Waals surface area contributed by atoms with E-state index < -0.39 is 5.82 Å². The monoisotopic (exact) mass is 282 g/mol. The Morgan fingerprint density at radius 3 is 2.57 bits per heavy atom. The Kier molecular flexibility index (Phi) is 3.36. The van der Waals surface area contributed by atoms with Crippen molar-refractivity contribution < 1.29 is 9.13 Å². The lowest BCUT2D eigenvalue weighted by atomic mass is 10.1. The molecule has 3 N–H and O–H groups in total. The highest BCUT2D eigenvalue weighted by molar-refractivity contribution is 5.96. The van der Waals surface area contributed by atoms with Crippen molar-refractivity contribution in [3.63, 3.8) is 0 Å². The molecule has 3 aromatic carbocycles. The average molecular weight is 282 g/mol. The summed E-state index contributed by atoms with van der Waals surface area (Å²) in [4.78, 5) is 0. The van der Waals surface area contributed by atoms with Gasteiger partial charge in [0.2, 0.25) is 0 Å². The van der Waals surface area contributed by atoms with Crippen LogP contribution in [-0.4, -0.2) is 7.11 Å². The molecule has 21 heavy (non-hydrogen) atoms. The van der Waals surface area contributed by atoms with E-state index in [1.807, 2.05) is 42.5 Å². The maximum Gasteiger partial charge on any atom is 0.167 e. The molecule has 0 bridgehead atoms. The number of ether oxygens (including phenoxy) is 1. The molecule has 0 heterocycles. The summed E-state index contributed by atoms with van der Waals surface area (Å²) in [6.07, 6.45) is 0. The second-order valence-electron chi connectivity index (χ2n) is 4.73. The number of nitrogens with two attached hydrogens (primary N) is 1. The zero-order chi connectivity index (χ0) is 14.8. The van der Waals surface area contributed by atoms with Gasteiger partial charge >= 0.3 is 0 Å². The first-order valence-electron chi connectivity index (χ1n) is 6.57. The van der Waals surface area contributed by atoms with E-state index in [4.69, 9.17) is 10.5 Å². The quantitative estimate of drug-likeness (QED) is 0.703. The molecule has 0 spiro atoms.